The van der Waals surface area contributed by atoms with Gasteiger partial charge in [0.1, 0.15) is 11.8 Å². The van der Waals surface area contributed by atoms with E-state index in [4.69, 9.17) is 9.47 Å². The van der Waals surface area contributed by atoms with E-state index in [1.807, 2.05) is 36.4 Å². The smallest absolute Gasteiger partial charge is 0.339 e. The molecule has 0 amide bonds. The van der Waals surface area contributed by atoms with E-state index in [1.54, 1.807) is 44.4 Å². The molecule has 3 rings (SSSR count). The van der Waals surface area contributed by atoms with E-state index in [1.165, 1.54) is 0 Å². The second kappa shape index (κ2) is 6.66. The summed E-state index contributed by atoms with van der Waals surface area (Å²) in [5, 5.41) is 11.6. The molecule has 0 saturated carbocycles. The molecule has 1 atom stereocenters. The van der Waals surface area contributed by atoms with Gasteiger partial charge in [0, 0.05) is 5.56 Å². The van der Waals surface area contributed by atoms with Crippen LogP contribution < -0.4 is 4.74 Å². The lowest BCUT2D eigenvalue weighted by Crippen LogP contribution is -2.27. The number of nitrogens with zero attached hydrogens (tertiary/aromatic N) is 1. The van der Waals surface area contributed by atoms with Crippen molar-refractivity contribution in [2.45, 2.75) is 12.5 Å². The number of benzene rings is 3. The molecule has 0 saturated heterocycles. The van der Waals surface area contributed by atoms with Gasteiger partial charge >= 0.3 is 5.97 Å². The van der Waals surface area contributed by atoms with Crippen molar-refractivity contribution in [3.05, 3.63) is 77.9 Å². The maximum atomic E-state index is 12.3. The summed E-state index contributed by atoms with van der Waals surface area (Å²) >= 11 is 0. The number of hydrogen-bond acceptors (Lipinski definition) is 4. The molecule has 3 aromatic carbocycles. The van der Waals surface area contributed by atoms with Gasteiger partial charge in [-0.25, -0.2) is 4.79 Å². The first-order chi connectivity index (χ1) is 12.1. The van der Waals surface area contributed by atoms with Gasteiger partial charge in [-0.05, 0) is 48.0 Å². The standard InChI is InChI=1S/C21H17NO3/c1-21(14-22,25-20(23)15-6-4-3-5-7-15)18-10-8-17-13-19(24-2)11-9-16(17)12-18/h3-13H,1-2H3. The zero-order valence-corrected chi connectivity index (χ0v) is 14.0. The Kier molecular flexibility index (Phi) is 4.40. The molecular weight excluding hydrogens is 314 g/mol. The number of rotatable bonds is 4. The van der Waals surface area contributed by atoms with Crippen molar-refractivity contribution < 1.29 is 14.3 Å². The molecule has 0 spiro atoms. The third-order valence-electron chi connectivity index (χ3n) is 4.12. The average Bonchev–Trinajstić information content (AvgIpc) is 2.67. The molecule has 0 aliphatic heterocycles. The van der Waals surface area contributed by atoms with Gasteiger partial charge in [-0.1, -0.05) is 36.4 Å². The molecule has 0 aliphatic carbocycles. The molecule has 0 radical (unpaired) electrons. The van der Waals surface area contributed by atoms with Crippen molar-refractivity contribution in [3.8, 4) is 11.8 Å². The van der Waals surface area contributed by atoms with E-state index >= 15 is 0 Å². The van der Waals surface area contributed by atoms with Gasteiger partial charge in [-0.3, -0.25) is 0 Å². The highest BCUT2D eigenvalue weighted by Gasteiger charge is 2.31. The van der Waals surface area contributed by atoms with Crippen LogP contribution in [0.2, 0.25) is 0 Å². The van der Waals surface area contributed by atoms with E-state index in [9.17, 15) is 10.1 Å². The first-order valence-electron chi connectivity index (χ1n) is 7.84. The Labute approximate surface area is 146 Å². The van der Waals surface area contributed by atoms with Gasteiger partial charge in [-0.15, -0.1) is 0 Å². The van der Waals surface area contributed by atoms with Crippen LogP contribution in [0.1, 0.15) is 22.8 Å². The highest BCUT2D eigenvalue weighted by atomic mass is 16.6. The number of carbonyl (C=O) groups is 1. The number of carbonyl (C=O) groups excluding carboxylic acids is 1. The highest BCUT2D eigenvalue weighted by Crippen LogP contribution is 2.30. The normalized spacial score (nSPS) is 12.8. The van der Waals surface area contributed by atoms with Crippen LogP contribution in [0.4, 0.5) is 0 Å². The lowest BCUT2D eigenvalue weighted by Gasteiger charge is -2.23. The van der Waals surface area contributed by atoms with Crippen molar-refractivity contribution in [2.24, 2.45) is 0 Å². The Morgan fingerprint density at radius 3 is 2.36 bits per heavy atom. The summed E-state index contributed by atoms with van der Waals surface area (Å²) in [5.74, 6) is 0.235. The zero-order chi connectivity index (χ0) is 17.9. The SMILES string of the molecule is COc1ccc2cc(C(C)(C#N)OC(=O)c3ccccc3)ccc2c1. The summed E-state index contributed by atoms with van der Waals surface area (Å²) in [4.78, 5) is 12.3. The van der Waals surface area contributed by atoms with Crippen molar-refractivity contribution >= 4 is 16.7 Å². The van der Waals surface area contributed by atoms with E-state index < -0.39 is 11.6 Å². The fourth-order valence-electron chi connectivity index (χ4n) is 2.61. The summed E-state index contributed by atoms with van der Waals surface area (Å²) < 4.78 is 10.7. The summed E-state index contributed by atoms with van der Waals surface area (Å²) in [5.41, 5.74) is -0.340. The molecule has 0 aromatic heterocycles. The van der Waals surface area contributed by atoms with Crippen molar-refractivity contribution in [1.82, 2.24) is 0 Å². The molecule has 0 bridgehead atoms. The van der Waals surface area contributed by atoms with Crippen LogP contribution in [0.25, 0.3) is 10.8 Å². The minimum Gasteiger partial charge on any atom is -0.497 e. The number of nitriles is 1. The Morgan fingerprint density at radius 2 is 1.68 bits per heavy atom. The minimum atomic E-state index is -1.37. The van der Waals surface area contributed by atoms with Crippen molar-refractivity contribution in [1.29, 1.82) is 5.26 Å². The minimum absolute atomic E-state index is 0.412. The summed E-state index contributed by atoms with van der Waals surface area (Å²) in [6.07, 6.45) is 0. The number of fused-ring (bicyclic) bond motifs is 1. The number of hydrogen-bond donors (Lipinski definition) is 0. The third-order valence-corrected chi connectivity index (χ3v) is 4.12. The van der Waals surface area contributed by atoms with Crippen LogP contribution in [-0.4, -0.2) is 13.1 Å². The number of ether oxygens (including phenoxy) is 2. The first-order valence-corrected chi connectivity index (χ1v) is 7.84. The monoisotopic (exact) mass is 331 g/mol. The van der Waals surface area contributed by atoms with Crippen LogP contribution >= 0.6 is 0 Å². The van der Waals surface area contributed by atoms with Crippen LogP contribution in [0.3, 0.4) is 0 Å². The average molecular weight is 331 g/mol. The van der Waals surface area contributed by atoms with E-state index in [0.29, 0.717) is 11.1 Å². The Hall–Kier alpha value is -3.32. The lowest BCUT2D eigenvalue weighted by atomic mass is 9.94. The zero-order valence-electron chi connectivity index (χ0n) is 14.0. The first kappa shape index (κ1) is 16.5. The molecule has 3 aromatic rings. The fourth-order valence-corrected chi connectivity index (χ4v) is 2.61. The van der Waals surface area contributed by atoms with E-state index in [-0.39, 0.29) is 0 Å². The molecule has 4 heteroatoms. The van der Waals surface area contributed by atoms with Crippen LogP contribution in [-0.2, 0) is 10.3 Å². The van der Waals surface area contributed by atoms with E-state index in [0.717, 1.165) is 16.5 Å². The van der Waals surface area contributed by atoms with Gasteiger partial charge in [0.05, 0.1) is 12.7 Å². The molecule has 0 aliphatic rings. The predicted molar refractivity (Wildman–Crippen MR) is 95.3 cm³/mol. The summed E-state index contributed by atoms with van der Waals surface area (Å²) in [6, 6.07) is 22.0. The van der Waals surface area contributed by atoms with E-state index in [2.05, 4.69) is 6.07 Å². The fraction of sp³-hybridized carbons (Fsp3) is 0.143. The number of esters is 1. The second-order valence-corrected chi connectivity index (χ2v) is 5.83. The maximum Gasteiger partial charge on any atom is 0.339 e. The van der Waals surface area contributed by atoms with Crippen LogP contribution in [0.5, 0.6) is 5.75 Å². The molecule has 124 valence electrons. The highest BCUT2D eigenvalue weighted by molar-refractivity contribution is 5.90. The Morgan fingerprint density at radius 1 is 1.00 bits per heavy atom. The van der Waals surface area contributed by atoms with Crippen LogP contribution in [0, 0.1) is 11.3 Å². The Bertz CT molecular complexity index is 960. The Balaban J connectivity index is 1.95. The largest absolute Gasteiger partial charge is 0.497 e. The molecular formula is C21H17NO3. The topological polar surface area (TPSA) is 59.3 Å². The molecule has 0 N–H and O–H groups in total. The van der Waals surface area contributed by atoms with Crippen molar-refractivity contribution in [3.63, 3.8) is 0 Å². The van der Waals surface area contributed by atoms with Gasteiger partial charge in [0.25, 0.3) is 0 Å². The molecule has 25 heavy (non-hydrogen) atoms. The molecule has 0 heterocycles. The van der Waals surface area contributed by atoms with Crippen molar-refractivity contribution in [2.75, 3.05) is 7.11 Å². The molecule has 0 fully saturated rings. The van der Waals surface area contributed by atoms with Gasteiger partial charge in [0.2, 0.25) is 5.60 Å². The predicted octanol–water partition coefficient (Wildman–Crippen LogP) is 4.44. The molecule has 1 unspecified atom stereocenters. The summed E-state index contributed by atoms with van der Waals surface area (Å²) in [6.45, 7) is 1.60. The van der Waals surface area contributed by atoms with Gasteiger partial charge in [-0.2, -0.15) is 5.26 Å². The lowest BCUT2D eigenvalue weighted by molar-refractivity contribution is 0.0121. The summed E-state index contributed by atoms with van der Waals surface area (Å²) in [7, 11) is 1.62. The van der Waals surface area contributed by atoms with Crippen LogP contribution in [0.15, 0.2) is 66.7 Å². The quantitative estimate of drug-likeness (QED) is 0.663. The maximum absolute atomic E-state index is 12.3. The third kappa shape index (κ3) is 3.31. The second-order valence-electron chi connectivity index (χ2n) is 5.83. The molecule has 4 nitrogen and oxygen atoms in total. The van der Waals surface area contributed by atoms with Gasteiger partial charge < -0.3 is 9.47 Å². The van der Waals surface area contributed by atoms with Gasteiger partial charge in [0.15, 0.2) is 0 Å². The number of methoxy groups -OCH3 is 1.